The second-order valence-corrected chi connectivity index (χ2v) is 5.14. The maximum atomic E-state index is 4.50. The Bertz CT molecular complexity index is 610. The number of pyridine rings is 1. The second-order valence-electron chi connectivity index (χ2n) is 5.14. The zero-order valence-corrected chi connectivity index (χ0v) is 13.2. The van der Waals surface area contributed by atoms with Gasteiger partial charge in [0.25, 0.3) is 0 Å². The minimum atomic E-state index is 0.664. The van der Waals surface area contributed by atoms with E-state index in [1.807, 2.05) is 26.1 Å². The Morgan fingerprint density at radius 2 is 1.76 bits per heavy atom. The Hall–Kier alpha value is -2.17. The predicted octanol–water partition coefficient (Wildman–Crippen LogP) is 3.23. The molecule has 0 spiro atoms. The van der Waals surface area contributed by atoms with Crippen LogP contribution in [0.2, 0.25) is 0 Å². The minimum absolute atomic E-state index is 0.664. The number of hydrogen-bond donors (Lipinski definition) is 2. The largest absolute Gasteiger partial charge is 0.370 e. The third-order valence-electron chi connectivity index (χ3n) is 3.34. The molecule has 0 aliphatic heterocycles. The van der Waals surface area contributed by atoms with E-state index in [2.05, 4.69) is 45.5 Å². The van der Waals surface area contributed by atoms with Gasteiger partial charge in [0.05, 0.1) is 12.2 Å². The lowest BCUT2D eigenvalue weighted by molar-refractivity contribution is 0.936. The lowest BCUT2D eigenvalue weighted by Gasteiger charge is -2.14. The van der Waals surface area contributed by atoms with Crippen LogP contribution < -0.4 is 10.6 Å². The lowest BCUT2D eigenvalue weighted by atomic mass is 10.2. The predicted molar refractivity (Wildman–Crippen MR) is 86.6 cm³/mol. The summed E-state index contributed by atoms with van der Waals surface area (Å²) in [6.45, 7) is 9.72. The zero-order chi connectivity index (χ0) is 15.2. The summed E-state index contributed by atoms with van der Waals surface area (Å²) in [6, 6.07) is 4.02. The van der Waals surface area contributed by atoms with Crippen molar-refractivity contribution in [2.45, 2.75) is 40.7 Å². The first-order chi connectivity index (χ1) is 10.1. The molecule has 5 nitrogen and oxygen atoms in total. The molecule has 2 aromatic rings. The molecule has 0 unspecified atom stereocenters. The molecule has 2 aromatic heterocycles. The highest BCUT2D eigenvalue weighted by Crippen LogP contribution is 2.20. The molecule has 0 aliphatic carbocycles. The number of aryl methyl sites for hydroxylation is 2. The van der Waals surface area contributed by atoms with E-state index >= 15 is 0 Å². The van der Waals surface area contributed by atoms with Crippen molar-refractivity contribution >= 4 is 11.6 Å². The van der Waals surface area contributed by atoms with Crippen LogP contribution in [0.25, 0.3) is 0 Å². The molecule has 2 rings (SSSR count). The third kappa shape index (κ3) is 3.90. The Morgan fingerprint density at radius 3 is 2.43 bits per heavy atom. The van der Waals surface area contributed by atoms with E-state index in [1.165, 1.54) is 5.56 Å². The van der Waals surface area contributed by atoms with Crippen LogP contribution in [0, 0.1) is 20.8 Å². The average molecular weight is 285 g/mol. The average Bonchev–Trinajstić information content (AvgIpc) is 2.47. The molecule has 0 fully saturated rings. The van der Waals surface area contributed by atoms with Gasteiger partial charge in [0.1, 0.15) is 17.5 Å². The van der Waals surface area contributed by atoms with Gasteiger partial charge >= 0.3 is 0 Å². The van der Waals surface area contributed by atoms with Gasteiger partial charge in [-0.2, -0.15) is 0 Å². The van der Waals surface area contributed by atoms with Gasteiger partial charge in [0.2, 0.25) is 0 Å². The van der Waals surface area contributed by atoms with E-state index in [4.69, 9.17) is 0 Å². The number of nitrogens with zero attached hydrogens (tertiary/aromatic N) is 3. The highest BCUT2D eigenvalue weighted by atomic mass is 15.1. The maximum absolute atomic E-state index is 4.50. The number of rotatable bonds is 6. The Morgan fingerprint density at radius 1 is 1.05 bits per heavy atom. The highest BCUT2D eigenvalue weighted by Gasteiger charge is 2.09. The summed E-state index contributed by atoms with van der Waals surface area (Å²) >= 11 is 0. The molecule has 112 valence electrons. The van der Waals surface area contributed by atoms with Crippen molar-refractivity contribution in [3.8, 4) is 0 Å². The SMILES string of the molecule is CCCNc1nc(C)nc(NCc2ncccc2C)c1C. The highest BCUT2D eigenvalue weighted by molar-refractivity contribution is 5.57. The van der Waals surface area contributed by atoms with Crippen LogP contribution >= 0.6 is 0 Å². The van der Waals surface area contributed by atoms with Crippen molar-refractivity contribution in [1.82, 2.24) is 15.0 Å². The van der Waals surface area contributed by atoms with Crippen molar-refractivity contribution < 1.29 is 0 Å². The van der Waals surface area contributed by atoms with Gasteiger partial charge in [-0.1, -0.05) is 13.0 Å². The van der Waals surface area contributed by atoms with Gasteiger partial charge < -0.3 is 10.6 Å². The normalized spacial score (nSPS) is 10.5. The Labute approximate surface area is 126 Å². The summed E-state index contributed by atoms with van der Waals surface area (Å²) in [5, 5.41) is 6.72. The van der Waals surface area contributed by atoms with Gasteiger partial charge in [0.15, 0.2) is 0 Å². The monoisotopic (exact) mass is 285 g/mol. The second kappa shape index (κ2) is 7.02. The quantitative estimate of drug-likeness (QED) is 0.853. The molecule has 0 aromatic carbocycles. The van der Waals surface area contributed by atoms with E-state index in [-0.39, 0.29) is 0 Å². The summed E-state index contributed by atoms with van der Waals surface area (Å²) in [5.41, 5.74) is 3.26. The smallest absolute Gasteiger partial charge is 0.135 e. The molecule has 2 N–H and O–H groups in total. The fourth-order valence-corrected chi connectivity index (χ4v) is 2.09. The van der Waals surface area contributed by atoms with Crippen LogP contribution in [0.15, 0.2) is 18.3 Å². The molecule has 2 heterocycles. The first-order valence-electron chi connectivity index (χ1n) is 7.35. The summed E-state index contributed by atoms with van der Waals surface area (Å²) in [6.07, 6.45) is 2.88. The number of hydrogen-bond acceptors (Lipinski definition) is 5. The minimum Gasteiger partial charge on any atom is -0.370 e. The van der Waals surface area contributed by atoms with Gasteiger partial charge in [0, 0.05) is 18.3 Å². The van der Waals surface area contributed by atoms with Gasteiger partial charge in [-0.3, -0.25) is 4.98 Å². The van der Waals surface area contributed by atoms with Crippen molar-refractivity contribution in [3.05, 3.63) is 41.0 Å². The van der Waals surface area contributed by atoms with Gasteiger partial charge in [-0.05, 0) is 38.8 Å². The summed E-state index contributed by atoms with van der Waals surface area (Å²) < 4.78 is 0. The number of aromatic nitrogens is 3. The standard InChI is InChI=1S/C16H23N5/c1-5-8-18-15-12(3)16(21-13(4)20-15)19-10-14-11(2)7-6-9-17-14/h6-7,9H,5,8,10H2,1-4H3,(H2,18,19,20,21). The van der Waals surface area contributed by atoms with E-state index in [0.717, 1.165) is 41.7 Å². The van der Waals surface area contributed by atoms with Crippen LogP contribution in [0.3, 0.4) is 0 Å². The molecule has 0 aliphatic rings. The summed E-state index contributed by atoms with van der Waals surface area (Å²) in [7, 11) is 0. The van der Waals surface area contributed by atoms with Crippen molar-refractivity contribution in [1.29, 1.82) is 0 Å². The number of anilines is 2. The van der Waals surface area contributed by atoms with E-state index in [1.54, 1.807) is 0 Å². The number of nitrogens with one attached hydrogen (secondary N) is 2. The first kappa shape index (κ1) is 15.2. The van der Waals surface area contributed by atoms with Gasteiger partial charge in [-0.25, -0.2) is 9.97 Å². The Balaban J connectivity index is 2.16. The Kier molecular flexibility index (Phi) is 5.09. The first-order valence-corrected chi connectivity index (χ1v) is 7.35. The van der Waals surface area contributed by atoms with Crippen molar-refractivity contribution in [2.24, 2.45) is 0 Å². The molecule has 0 amide bonds. The molecule has 0 atom stereocenters. The van der Waals surface area contributed by atoms with E-state index in [9.17, 15) is 0 Å². The van der Waals surface area contributed by atoms with Crippen molar-refractivity contribution in [2.75, 3.05) is 17.2 Å². The molecule has 0 saturated carbocycles. The molecular weight excluding hydrogens is 262 g/mol. The van der Waals surface area contributed by atoms with Crippen LogP contribution in [0.1, 0.15) is 36.0 Å². The van der Waals surface area contributed by atoms with Crippen LogP contribution in [0.4, 0.5) is 11.6 Å². The molecule has 21 heavy (non-hydrogen) atoms. The topological polar surface area (TPSA) is 62.7 Å². The molecule has 0 saturated heterocycles. The van der Waals surface area contributed by atoms with Gasteiger partial charge in [-0.15, -0.1) is 0 Å². The molecule has 0 radical (unpaired) electrons. The fourth-order valence-electron chi connectivity index (χ4n) is 2.09. The van der Waals surface area contributed by atoms with Crippen LogP contribution in [-0.2, 0) is 6.54 Å². The summed E-state index contributed by atoms with van der Waals surface area (Å²) in [4.78, 5) is 13.4. The summed E-state index contributed by atoms with van der Waals surface area (Å²) in [5.74, 6) is 2.54. The third-order valence-corrected chi connectivity index (χ3v) is 3.34. The van der Waals surface area contributed by atoms with Crippen LogP contribution in [-0.4, -0.2) is 21.5 Å². The van der Waals surface area contributed by atoms with Crippen LogP contribution in [0.5, 0.6) is 0 Å². The van der Waals surface area contributed by atoms with Crippen molar-refractivity contribution in [3.63, 3.8) is 0 Å². The molecule has 0 bridgehead atoms. The fraction of sp³-hybridized carbons (Fsp3) is 0.438. The van der Waals surface area contributed by atoms with E-state index < -0.39 is 0 Å². The molecule has 5 heteroatoms. The lowest BCUT2D eigenvalue weighted by Crippen LogP contribution is -2.11. The zero-order valence-electron chi connectivity index (χ0n) is 13.2. The molecular formula is C16H23N5. The maximum Gasteiger partial charge on any atom is 0.135 e. The van der Waals surface area contributed by atoms with E-state index in [0.29, 0.717) is 6.54 Å².